The summed E-state index contributed by atoms with van der Waals surface area (Å²) in [6.45, 7) is 1.48. The third kappa shape index (κ3) is 2.38. The van der Waals surface area contributed by atoms with Gasteiger partial charge in [0.2, 0.25) is 0 Å². The SMILES string of the molecule is Cc1cc(F)c(C(N)c2ccc(F)cc2)cc1F. The molecule has 0 bridgehead atoms. The van der Waals surface area contributed by atoms with Crippen molar-refractivity contribution in [2.24, 2.45) is 5.73 Å². The molecular weight excluding hydrogens is 239 g/mol. The first-order chi connectivity index (χ1) is 8.49. The fraction of sp³-hybridized carbons (Fsp3) is 0.143. The molecule has 1 atom stereocenters. The number of nitrogens with two attached hydrogens (primary N) is 1. The zero-order chi connectivity index (χ0) is 13.3. The van der Waals surface area contributed by atoms with Crippen LogP contribution in [-0.2, 0) is 0 Å². The summed E-state index contributed by atoms with van der Waals surface area (Å²) >= 11 is 0. The normalized spacial score (nSPS) is 12.5. The summed E-state index contributed by atoms with van der Waals surface area (Å²) < 4.78 is 39.9. The van der Waals surface area contributed by atoms with E-state index in [1.165, 1.54) is 31.2 Å². The van der Waals surface area contributed by atoms with Gasteiger partial charge in [-0.3, -0.25) is 0 Å². The largest absolute Gasteiger partial charge is 0.320 e. The summed E-state index contributed by atoms with van der Waals surface area (Å²) in [5.74, 6) is -1.48. The second-order valence-electron chi connectivity index (χ2n) is 4.15. The lowest BCUT2D eigenvalue weighted by molar-refractivity contribution is 0.570. The van der Waals surface area contributed by atoms with Gasteiger partial charge in [-0.05, 0) is 42.3 Å². The topological polar surface area (TPSA) is 26.0 Å². The number of hydrogen-bond donors (Lipinski definition) is 1. The van der Waals surface area contributed by atoms with Crippen molar-refractivity contribution in [3.05, 3.63) is 70.5 Å². The summed E-state index contributed by atoms with van der Waals surface area (Å²) in [4.78, 5) is 0. The number of benzene rings is 2. The van der Waals surface area contributed by atoms with Gasteiger partial charge in [0, 0.05) is 5.56 Å². The molecule has 2 aromatic carbocycles. The maximum atomic E-state index is 13.7. The Balaban J connectivity index is 2.42. The summed E-state index contributed by atoms with van der Waals surface area (Å²) in [6.07, 6.45) is 0. The van der Waals surface area contributed by atoms with Gasteiger partial charge in [-0.25, -0.2) is 13.2 Å². The molecule has 0 spiro atoms. The minimum atomic E-state index is -0.819. The molecule has 1 nitrogen and oxygen atoms in total. The van der Waals surface area contributed by atoms with Gasteiger partial charge in [0.15, 0.2) is 0 Å². The predicted octanol–water partition coefficient (Wildman–Crippen LogP) is 3.46. The fourth-order valence-electron chi connectivity index (χ4n) is 1.75. The molecule has 0 radical (unpaired) electrons. The third-order valence-electron chi connectivity index (χ3n) is 2.84. The summed E-state index contributed by atoms with van der Waals surface area (Å²) in [5, 5.41) is 0. The highest BCUT2D eigenvalue weighted by Gasteiger charge is 2.16. The van der Waals surface area contributed by atoms with Crippen LogP contribution >= 0.6 is 0 Å². The van der Waals surface area contributed by atoms with Crippen LogP contribution in [0.4, 0.5) is 13.2 Å². The van der Waals surface area contributed by atoms with E-state index in [4.69, 9.17) is 5.73 Å². The van der Waals surface area contributed by atoms with Crippen molar-refractivity contribution in [3.63, 3.8) is 0 Å². The van der Waals surface area contributed by atoms with E-state index in [2.05, 4.69) is 0 Å². The zero-order valence-electron chi connectivity index (χ0n) is 9.75. The van der Waals surface area contributed by atoms with Crippen molar-refractivity contribution >= 4 is 0 Å². The second-order valence-corrected chi connectivity index (χ2v) is 4.15. The summed E-state index contributed by atoms with van der Waals surface area (Å²) in [5.41, 5.74) is 6.67. The molecule has 0 aromatic heterocycles. The lowest BCUT2D eigenvalue weighted by atomic mass is 9.98. The molecule has 2 N–H and O–H groups in total. The number of hydrogen-bond acceptors (Lipinski definition) is 1. The van der Waals surface area contributed by atoms with Crippen molar-refractivity contribution in [3.8, 4) is 0 Å². The van der Waals surface area contributed by atoms with Crippen LogP contribution in [0.15, 0.2) is 36.4 Å². The van der Waals surface area contributed by atoms with Gasteiger partial charge in [0.25, 0.3) is 0 Å². The van der Waals surface area contributed by atoms with Gasteiger partial charge >= 0.3 is 0 Å². The van der Waals surface area contributed by atoms with E-state index in [-0.39, 0.29) is 11.1 Å². The Morgan fingerprint density at radius 1 is 0.944 bits per heavy atom. The minimum absolute atomic E-state index is 0.0599. The summed E-state index contributed by atoms with van der Waals surface area (Å²) in [7, 11) is 0. The monoisotopic (exact) mass is 251 g/mol. The molecule has 4 heteroatoms. The third-order valence-corrected chi connectivity index (χ3v) is 2.84. The highest BCUT2D eigenvalue weighted by atomic mass is 19.1. The predicted molar refractivity (Wildman–Crippen MR) is 63.5 cm³/mol. The zero-order valence-corrected chi connectivity index (χ0v) is 9.75. The van der Waals surface area contributed by atoms with E-state index in [0.29, 0.717) is 5.56 Å². The van der Waals surface area contributed by atoms with Gasteiger partial charge in [0.1, 0.15) is 17.5 Å². The van der Waals surface area contributed by atoms with Crippen LogP contribution in [-0.4, -0.2) is 0 Å². The number of halogens is 3. The maximum Gasteiger partial charge on any atom is 0.128 e. The quantitative estimate of drug-likeness (QED) is 0.869. The van der Waals surface area contributed by atoms with Crippen LogP contribution in [0.5, 0.6) is 0 Å². The Kier molecular flexibility index (Phi) is 3.39. The smallest absolute Gasteiger partial charge is 0.128 e. The highest BCUT2D eigenvalue weighted by molar-refractivity contribution is 5.34. The van der Waals surface area contributed by atoms with Crippen LogP contribution in [0.25, 0.3) is 0 Å². The van der Waals surface area contributed by atoms with Gasteiger partial charge in [-0.2, -0.15) is 0 Å². The van der Waals surface area contributed by atoms with Gasteiger partial charge in [-0.1, -0.05) is 12.1 Å². The van der Waals surface area contributed by atoms with E-state index < -0.39 is 23.5 Å². The van der Waals surface area contributed by atoms with Crippen LogP contribution in [0.3, 0.4) is 0 Å². The highest BCUT2D eigenvalue weighted by Crippen LogP contribution is 2.24. The first kappa shape index (κ1) is 12.6. The molecule has 1 unspecified atom stereocenters. The Hall–Kier alpha value is -1.81. The average Bonchev–Trinajstić information content (AvgIpc) is 2.34. The molecule has 0 aliphatic heterocycles. The van der Waals surface area contributed by atoms with Crippen LogP contribution in [0.2, 0.25) is 0 Å². The molecule has 0 amide bonds. The molecule has 18 heavy (non-hydrogen) atoms. The van der Waals surface area contributed by atoms with E-state index in [1.54, 1.807) is 0 Å². The van der Waals surface area contributed by atoms with Crippen molar-refractivity contribution < 1.29 is 13.2 Å². The molecule has 0 saturated carbocycles. The lowest BCUT2D eigenvalue weighted by Crippen LogP contribution is -2.14. The summed E-state index contributed by atoms with van der Waals surface area (Å²) in [6, 6.07) is 6.75. The fourth-order valence-corrected chi connectivity index (χ4v) is 1.75. The van der Waals surface area contributed by atoms with E-state index in [9.17, 15) is 13.2 Å². The Bertz CT molecular complexity index is 564. The Morgan fingerprint density at radius 3 is 2.17 bits per heavy atom. The van der Waals surface area contributed by atoms with E-state index in [1.807, 2.05) is 0 Å². The molecule has 2 aromatic rings. The molecule has 94 valence electrons. The molecule has 0 aliphatic rings. The first-order valence-corrected chi connectivity index (χ1v) is 5.45. The average molecular weight is 251 g/mol. The Morgan fingerprint density at radius 2 is 1.56 bits per heavy atom. The van der Waals surface area contributed by atoms with Gasteiger partial charge in [0.05, 0.1) is 6.04 Å². The van der Waals surface area contributed by atoms with Crippen molar-refractivity contribution in [2.75, 3.05) is 0 Å². The molecule has 0 fully saturated rings. The Labute approximate surface area is 103 Å². The molecule has 0 saturated heterocycles. The van der Waals surface area contributed by atoms with Crippen molar-refractivity contribution in [1.29, 1.82) is 0 Å². The van der Waals surface area contributed by atoms with E-state index in [0.717, 1.165) is 12.1 Å². The standard InChI is InChI=1S/C14H12F3N/c1-8-6-13(17)11(7-12(8)16)14(18)9-2-4-10(15)5-3-9/h2-7,14H,18H2,1H3. The van der Waals surface area contributed by atoms with Crippen LogP contribution < -0.4 is 5.73 Å². The number of aryl methyl sites for hydroxylation is 1. The van der Waals surface area contributed by atoms with Crippen LogP contribution in [0.1, 0.15) is 22.7 Å². The maximum absolute atomic E-state index is 13.7. The molecule has 2 rings (SSSR count). The van der Waals surface area contributed by atoms with Crippen molar-refractivity contribution in [1.82, 2.24) is 0 Å². The second kappa shape index (κ2) is 4.82. The molecule has 0 aliphatic carbocycles. The first-order valence-electron chi connectivity index (χ1n) is 5.45. The number of rotatable bonds is 2. The molecule has 0 heterocycles. The van der Waals surface area contributed by atoms with Crippen LogP contribution in [0, 0.1) is 24.4 Å². The lowest BCUT2D eigenvalue weighted by Gasteiger charge is -2.14. The molecular formula is C14H12F3N. The minimum Gasteiger partial charge on any atom is -0.320 e. The van der Waals surface area contributed by atoms with E-state index >= 15 is 0 Å². The van der Waals surface area contributed by atoms with Gasteiger partial charge < -0.3 is 5.73 Å². The van der Waals surface area contributed by atoms with Gasteiger partial charge in [-0.15, -0.1) is 0 Å². The van der Waals surface area contributed by atoms with Crippen molar-refractivity contribution in [2.45, 2.75) is 13.0 Å².